The Bertz CT molecular complexity index is 437. The van der Waals surface area contributed by atoms with Gasteiger partial charge in [0.1, 0.15) is 0 Å². The third-order valence-corrected chi connectivity index (χ3v) is 4.36. The van der Waals surface area contributed by atoms with Crippen molar-refractivity contribution in [3.63, 3.8) is 0 Å². The van der Waals surface area contributed by atoms with Crippen LogP contribution in [0, 0.1) is 17.0 Å². The Balaban J connectivity index is 2.11. The molecule has 1 aliphatic rings. The monoisotopic (exact) mass is 281 g/mol. The van der Waals surface area contributed by atoms with E-state index >= 15 is 0 Å². The van der Waals surface area contributed by atoms with Crippen LogP contribution in [0.5, 0.6) is 0 Å². The summed E-state index contributed by atoms with van der Waals surface area (Å²) >= 11 is 0. The number of halogens is 2. The molecule has 0 atom stereocenters. The quantitative estimate of drug-likeness (QED) is 0.840. The molecule has 112 valence electrons. The van der Waals surface area contributed by atoms with Crippen LogP contribution in [0.4, 0.5) is 8.78 Å². The molecule has 0 bridgehead atoms. The molecule has 0 heterocycles. The van der Waals surface area contributed by atoms with Crippen molar-refractivity contribution in [2.24, 2.45) is 5.41 Å². The fourth-order valence-electron chi connectivity index (χ4n) is 3.22. The van der Waals surface area contributed by atoms with Gasteiger partial charge in [-0.15, -0.1) is 0 Å². The number of hydrogen-bond acceptors (Lipinski definition) is 1. The van der Waals surface area contributed by atoms with Crippen LogP contribution in [0.2, 0.25) is 0 Å². The van der Waals surface area contributed by atoms with Gasteiger partial charge in [-0.2, -0.15) is 0 Å². The van der Waals surface area contributed by atoms with Gasteiger partial charge in [-0.3, -0.25) is 0 Å². The lowest BCUT2D eigenvalue weighted by molar-refractivity contribution is 0.176. The van der Waals surface area contributed by atoms with Crippen LogP contribution in [0.25, 0.3) is 0 Å². The molecule has 1 nitrogen and oxygen atoms in total. The maximum atomic E-state index is 13.4. The van der Waals surface area contributed by atoms with Crippen LogP contribution >= 0.6 is 0 Å². The Morgan fingerprint density at radius 2 is 1.80 bits per heavy atom. The van der Waals surface area contributed by atoms with E-state index in [0.29, 0.717) is 6.04 Å². The number of nitrogens with one attached hydrogen (secondary N) is 1. The van der Waals surface area contributed by atoms with Crippen molar-refractivity contribution >= 4 is 0 Å². The van der Waals surface area contributed by atoms with Crippen molar-refractivity contribution in [2.45, 2.75) is 58.4 Å². The molecule has 1 N–H and O–H groups in total. The van der Waals surface area contributed by atoms with Crippen LogP contribution in [0.3, 0.4) is 0 Å². The fourth-order valence-corrected chi connectivity index (χ4v) is 3.22. The Hall–Kier alpha value is -0.960. The average Bonchev–Trinajstić information content (AvgIpc) is 2.42. The number of hydrogen-bond donors (Lipinski definition) is 1. The highest BCUT2D eigenvalue weighted by Crippen LogP contribution is 2.39. The molecular formula is C17H25F2N. The average molecular weight is 281 g/mol. The summed E-state index contributed by atoms with van der Waals surface area (Å²) in [6, 6.07) is 4.79. The summed E-state index contributed by atoms with van der Waals surface area (Å²) < 4.78 is 26.4. The van der Waals surface area contributed by atoms with E-state index in [9.17, 15) is 8.78 Å². The highest BCUT2D eigenvalue weighted by molar-refractivity contribution is 5.19. The topological polar surface area (TPSA) is 12.0 Å². The summed E-state index contributed by atoms with van der Waals surface area (Å²) in [5.74, 6) is -1.49. The third kappa shape index (κ3) is 4.02. The lowest BCUT2D eigenvalue weighted by Gasteiger charge is -2.38. The Labute approximate surface area is 120 Å². The molecule has 0 radical (unpaired) electrons. The van der Waals surface area contributed by atoms with Gasteiger partial charge in [-0.25, -0.2) is 8.78 Å². The summed E-state index contributed by atoms with van der Waals surface area (Å²) in [5.41, 5.74) is 1.11. The van der Waals surface area contributed by atoms with Crippen molar-refractivity contribution in [3.05, 3.63) is 35.4 Å². The molecule has 0 aliphatic heterocycles. The minimum Gasteiger partial charge on any atom is -0.314 e. The molecule has 0 unspecified atom stereocenters. The fraction of sp³-hybridized carbons (Fsp3) is 0.647. The first-order valence-corrected chi connectivity index (χ1v) is 7.68. The molecule has 20 heavy (non-hydrogen) atoms. The van der Waals surface area contributed by atoms with Gasteiger partial charge in [-0.1, -0.05) is 39.2 Å². The van der Waals surface area contributed by atoms with E-state index in [2.05, 4.69) is 19.2 Å². The van der Waals surface area contributed by atoms with Gasteiger partial charge < -0.3 is 5.32 Å². The first-order valence-electron chi connectivity index (χ1n) is 7.68. The van der Waals surface area contributed by atoms with Crippen molar-refractivity contribution < 1.29 is 8.78 Å². The highest BCUT2D eigenvalue weighted by atomic mass is 19.2. The zero-order chi connectivity index (χ0) is 14.6. The van der Waals surface area contributed by atoms with E-state index in [1.165, 1.54) is 44.2 Å². The Morgan fingerprint density at radius 3 is 2.40 bits per heavy atom. The maximum Gasteiger partial charge on any atom is 0.159 e. The van der Waals surface area contributed by atoms with Crippen molar-refractivity contribution in [3.8, 4) is 0 Å². The van der Waals surface area contributed by atoms with Crippen molar-refractivity contribution in [1.82, 2.24) is 5.32 Å². The van der Waals surface area contributed by atoms with Crippen molar-refractivity contribution in [1.29, 1.82) is 0 Å². The van der Waals surface area contributed by atoms with E-state index in [-0.39, 0.29) is 5.41 Å². The van der Waals surface area contributed by atoms with Crippen LogP contribution < -0.4 is 5.32 Å². The first kappa shape index (κ1) is 15.4. The molecular weight excluding hydrogens is 256 g/mol. The third-order valence-electron chi connectivity index (χ3n) is 4.36. The zero-order valence-electron chi connectivity index (χ0n) is 12.5. The van der Waals surface area contributed by atoms with Crippen LogP contribution in [-0.4, -0.2) is 12.6 Å². The zero-order valence-corrected chi connectivity index (χ0v) is 12.5. The molecule has 0 saturated heterocycles. The van der Waals surface area contributed by atoms with Gasteiger partial charge in [0.05, 0.1) is 0 Å². The van der Waals surface area contributed by atoms with Gasteiger partial charge in [-0.05, 0) is 42.4 Å². The predicted octanol–water partition coefficient (Wildman–Crippen LogP) is 4.46. The Morgan fingerprint density at radius 1 is 1.10 bits per heavy atom. The molecule has 1 aromatic carbocycles. The van der Waals surface area contributed by atoms with E-state index in [0.717, 1.165) is 18.5 Å². The van der Waals surface area contributed by atoms with Gasteiger partial charge in [0, 0.05) is 12.6 Å². The summed E-state index contributed by atoms with van der Waals surface area (Å²) in [7, 11) is 0. The minimum absolute atomic E-state index is 0.201. The number of rotatable bonds is 5. The van der Waals surface area contributed by atoms with Gasteiger partial charge in [0.2, 0.25) is 0 Å². The molecule has 1 aromatic rings. The lowest BCUT2D eigenvalue weighted by Crippen LogP contribution is -2.40. The second-order valence-electron chi connectivity index (χ2n) is 6.52. The maximum absolute atomic E-state index is 13.4. The van der Waals surface area contributed by atoms with Crippen LogP contribution in [-0.2, 0) is 6.42 Å². The molecule has 2 rings (SSSR count). The normalized spacial score (nSPS) is 18.4. The Kier molecular flexibility index (Phi) is 5.14. The second kappa shape index (κ2) is 6.66. The van der Waals surface area contributed by atoms with Gasteiger partial charge in [0.25, 0.3) is 0 Å². The molecule has 1 saturated carbocycles. The van der Waals surface area contributed by atoms with E-state index in [1.54, 1.807) is 6.07 Å². The highest BCUT2D eigenvalue weighted by Gasteiger charge is 2.32. The van der Waals surface area contributed by atoms with Crippen LogP contribution in [0.15, 0.2) is 18.2 Å². The van der Waals surface area contributed by atoms with E-state index in [1.807, 2.05) is 0 Å². The lowest BCUT2D eigenvalue weighted by atomic mass is 9.70. The first-order chi connectivity index (χ1) is 9.51. The summed E-state index contributed by atoms with van der Waals surface area (Å²) in [6.07, 6.45) is 6.95. The summed E-state index contributed by atoms with van der Waals surface area (Å²) in [6.45, 7) is 5.26. The summed E-state index contributed by atoms with van der Waals surface area (Å²) in [5, 5.41) is 3.53. The number of benzene rings is 1. The molecule has 0 spiro atoms. The van der Waals surface area contributed by atoms with Gasteiger partial charge >= 0.3 is 0 Å². The van der Waals surface area contributed by atoms with E-state index < -0.39 is 11.6 Å². The molecule has 1 fully saturated rings. The second-order valence-corrected chi connectivity index (χ2v) is 6.52. The molecule has 1 aliphatic carbocycles. The summed E-state index contributed by atoms with van der Waals surface area (Å²) in [4.78, 5) is 0. The molecule has 0 amide bonds. The largest absolute Gasteiger partial charge is 0.314 e. The van der Waals surface area contributed by atoms with Gasteiger partial charge in [0.15, 0.2) is 11.6 Å². The van der Waals surface area contributed by atoms with Crippen molar-refractivity contribution in [2.75, 3.05) is 6.54 Å². The SMILES string of the molecule is CC(C)NCC1(Cc2ccc(F)c(F)c2)CCCCC1. The van der Waals surface area contributed by atoms with Crippen LogP contribution in [0.1, 0.15) is 51.5 Å². The predicted molar refractivity (Wildman–Crippen MR) is 78.7 cm³/mol. The smallest absolute Gasteiger partial charge is 0.159 e. The molecule has 3 heteroatoms. The molecule has 0 aromatic heterocycles. The minimum atomic E-state index is -0.758. The van der Waals surface area contributed by atoms with E-state index in [4.69, 9.17) is 0 Å². The standard InChI is InChI=1S/C17H25F2N/c1-13(2)20-12-17(8-4-3-5-9-17)11-14-6-7-15(18)16(19)10-14/h6-7,10,13,20H,3-5,8-9,11-12H2,1-2H3.